The Bertz CT molecular complexity index is 2230. The molecule has 8 heterocycles. The van der Waals surface area contributed by atoms with E-state index in [1.807, 2.05) is 5.38 Å². The minimum absolute atomic E-state index is 0. The number of thiazole rings is 3. The normalized spacial score (nSPS) is 11.2. The Morgan fingerprint density at radius 2 is 1.18 bits per heavy atom. The van der Waals surface area contributed by atoms with E-state index < -0.39 is 23.4 Å². The van der Waals surface area contributed by atoms with Crippen LogP contribution in [0.3, 0.4) is 0 Å². The average Bonchev–Trinajstić information content (AvgIpc) is 4.02. The van der Waals surface area contributed by atoms with Crippen molar-refractivity contribution in [2.45, 2.75) is 19.4 Å². The quantitative estimate of drug-likeness (QED) is 0.0956. The number of rotatable bonds is 6. The summed E-state index contributed by atoms with van der Waals surface area (Å²) in [4.78, 5) is 42.1. The molecular formula is C38H28F3LiN8O2S3. The molecule has 0 aliphatic carbocycles. The minimum atomic E-state index is -1.15. The van der Waals surface area contributed by atoms with Gasteiger partial charge in [-0.1, -0.05) is 17.8 Å². The van der Waals surface area contributed by atoms with Crippen molar-refractivity contribution < 1.29 is 41.9 Å². The van der Waals surface area contributed by atoms with E-state index in [4.69, 9.17) is 0 Å². The van der Waals surface area contributed by atoms with E-state index in [2.05, 4.69) is 45.3 Å². The van der Waals surface area contributed by atoms with E-state index in [1.54, 1.807) is 92.8 Å². The van der Waals surface area contributed by atoms with E-state index >= 15 is 0 Å². The van der Waals surface area contributed by atoms with Gasteiger partial charge in [0.25, 0.3) is 0 Å². The Balaban J connectivity index is 0.000000171. The van der Waals surface area contributed by atoms with Crippen LogP contribution in [0.15, 0.2) is 128 Å². The van der Waals surface area contributed by atoms with Crippen LogP contribution in [0.5, 0.6) is 0 Å². The van der Waals surface area contributed by atoms with Gasteiger partial charge in [-0.15, -0.1) is 22.7 Å². The average molecular weight is 789 g/mol. The van der Waals surface area contributed by atoms with E-state index in [-0.39, 0.29) is 24.6 Å². The number of Topliss-reactive ketones (excluding diaryl/α,β-unsaturated/α-hetero) is 1. The molecule has 0 aliphatic heterocycles. The van der Waals surface area contributed by atoms with Gasteiger partial charge in [0.15, 0.2) is 5.78 Å². The van der Waals surface area contributed by atoms with Crippen LogP contribution in [0.25, 0.3) is 31.7 Å². The maximum absolute atomic E-state index is 12.8. The summed E-state index contributed by atoms with van der Waals surface area (Å²) in [6.45, 7) is 3.25. The van der Waals surface area contributed by atoms with Gasteiger partial charge in [0.2, 0.25) is 17.8 Å². The van der Waals surface area contributed by atoms with Crippen molar-refractivity contribution in [3.05, 3.63) is 167 Å². The maximum atomic E-state index is 12.8. The van der Waals surface area contributed by atoms with Gasteiger partial charge in [0.05, 0.1) is 4.88 Å². The van der Waals surface area contributed by atoms with Crippen LogP contribution >= 0.6 is 34.0 Å². The van der Waals surface area contributed by atoms with Gasteiger partial charge in [-0.2, -0.15) is 18.6 Å². The fourth-order valence-electron chi connectivity index (χ4n) is 4.24. The molecule has 55 heavy (non-hydrogen) atoms. The van der Waals surface area contributed by atoms with Gasteiger partial charge in [0.1, 0.15) is 15.6 Å². The molecule has 8 rings (SSSR count). The second-order valence-electron chi connectivity index (χ2n) is 10.9. The first-order valence-electron chi connectivity index (χ1n) is 15.7. The van der Waals surface area contributed by atoms with Crippen molar-refractivity contribution in [3.63, 3.8) is 0 Å². The minimum Gasteiger partial charge on any atom is -0.380 e. The van der Waals surface area contributed by atoms with E-state index in [0.717, 1.165) is 32.3 Å². The van der Waals surface area contributed by atoms with Crippen LogP contribution in [0.1, 0.15) is 34.6 Å². The van der Waals surface area contributed by atoms with Crippen LogP contribution in [0.4, 0.5) is 13.2 Å². The molecule has 0 spiro atoms. The molecule has 0 aromatic carbocycles. The van der Waals surface area contributed by atoms with Gasteiger partial charge >= 0.3 is 18.9 Å². The van der Waals surface area contributed by atoms with Crippen molar-refractivity contribution in [1.29, 1.82) is 0 Å². The Morgan fingerprint density at radius 1 is 0.655 bits per heavy atom. The van der Waals surface area contributed by atoms with E-state index in [9.17, 15) is 23.1 Å². The predicted molar refractivity (Wildman–Crippen MR) is 202 cm³/mol. The van der Waals surface area contributed by atoms with Crippen molar-refractivity contribution in [2.24, 2.45) is 0 Å². The maximum Gasteiger partial charge on any atom is 1.00 e. The molecule has 1 N–H and O–H groups in total. The summed E-state index contributed by atoms with van der Waals surface area (Å²) in [5.41, 5.74) is 2.70. The Morgan fingerprint density at radius 3 is 1.62 bits per heavy atom. The van der Waals surface area contributed by atoms with Crippen molar-refractivity contribution in [3.8, 4) is 31.7 Å². The topological polar surface area (TPSA) is 140 Å². The van der Waals surface area contributed by atoms with Crippen molar-refractivity contribution in [2.75, 3.05) is 0 Å². The summed E-state index contributed by atoms with van der Waals surface area (Å²) in [5, 5.41) is 17.8. The van der Waals surface area contributed by atoms with Gasteiger partial charge < -0.3 is 21.4 Å². The zero-order chi connectivity index (χ0) is 38.3. The summed E-state index contributed by atoms with van der Waals surface area (Å²) >= 11 is 4.24. The first-order chi connectivity index (χ1) is 26.1. The van der Waals surface area contributed by atoms with Crippen LogP contribution < -0.4 is 18.9 Å². The summed E-state index contributed by atoms with van der Waals surface area (Å²) in [7, 11) is 0. The van der Waals surface area contributed by atoms with Gasteiger partial charge in [-0.25, -0.2) is 24.9 Å². The largest absolute Gasteiger partial charge is 1.00 e. The number of aliphatic hydroxyl groups is 1. The van der Waals surface area contributed by atoms with E-state index in [1.165, 1.54) is 77.7 Å². The third kappa shape index (κ3) is 12.6. The van der Waals surface area contributed by atoms with Crippen LogP contribution in [-0.4, -0.2) is 50.8 Å². The Hall–Kier alpha value is -5.34. The number of nitrogens with zero attached hydrogens (tertiary/aromatic N) is 8. The zero-order valence-corrected chi connectivity index (χ0v) is 31.9. The standard InChI is InChI=1S/C15H12FN3OS.C8H5FN2S.C8H4FN2S.C7H7NO.Li/c1-15(20,11-4-6-17-7-5-11)12-9-19-14(21-12)10-2-3-13(16)18-8-10;2*9-7-2-1-6(5-11-7)8-10-3-4-12-8;1-6(9)7-2-4-8-5-3-7;/h2-9,20H,1H3;1-5H;1-3,5H;2-5H,1H3;/q;;-1;;+1. The molecule has 17 heteroatoms. The monoisotopic (exact) mass is 788 g/mol. The van der Waals surface area contributed by atoms with Crippen LogP contribution in [0, 0.1) is 23.2 Å². The number of carbonyl (C=O) groups excluding carboxylic acids is 1. The molecule has 1 unspecified atom stereocenters. The molecule has 0 saturated carbocycles. The van der Waals surface area contributed by atoms with Crippen LogP contribution in [0.2, 0.25) is 0 Å². The SMILES string of the molecule is CC(=O)c1ccncc1.CC(O)(c1ccncc1)c1cnc(-c2ccc(F)nc2)s1.Fc1ccc(-c2nc[c-]s2)cn1.Fc1ccc(-c2nccs2)cn1.[Li+]. The molecule has 8 aromatic rings. The molecule has 0 fully saturated rings. The summed E-state index contributed by atoms with van der Waals surface area (Å²) in [6.07, 6.45) is 15.8. The fourth-order valence-corrected chi connectivity index (χ4v) is 6.40. The molecule has 0 saturated heterocycles. The Labute approximate surface area is 338 Å². The molecule has 0 amide bonds. The van der Waals surface area contributed by atoms with Gasteiger partial charge in [-0.3, -0.25) is 14.8 Å². The van der Waals surface area contributed by atoms with Crippen LogP contribution in [-0.2, 0) is 5.60 Å². The van der Waals surface area contributed by atoms with Gasteiger partial charge in [-0.05, 0) is 79.0 Å². The molecule has 0 aliphatic rings. The van der Waals surface area contributed by atoms with Gasteiger partial charge in [0, 0.05) is 77.8 Å². The molecule has 0 bridgehead atoms. The third-order valence-corrected chi connectivity index (χ3v) is 9.90. The number of carbonyl (C=O) groups is 1. The molecule has 0 radical (unpaired) electrons. The number of halogens is 3. The van der Waals surface area contributed by atoms with Crippen molar-refractivity contribution in [1.82, 2.24) is 39.9 Å². The first kappa shape index (κ1) is 42.4. The molecule has 272 valence electrons. The summed E-state index contributed by atoms with van der Waals surface area (Å²) < 4.78 is 37.6. The number of hydrogen-bond donors (Lipinski definition) is 1. The molecule has 8 aromatic heterocycles. The Kier molecular flexibility index (Phi) is 16.1. The number of aromatic nitrogens is 8. The number of hydrogen-bond acceptors (Lipinski definition) is 13. The molecule has 10 nitrogen and oxygen atoms in total. The molecular weight excluding hydrogens is 761 g/mol. The fraction of sp³-hybridized carbons (Fsp3) is 0.0789. The summed E-state index contributed by atoms with van der Waals surface area (Å²) in [6, 6.07) is 15.8. The number of pyridine rings is 5. The molecule has 1 atom stereocenters. The smallest absolute Gasteiger partial charge is 0.380 e. The van der Waals surface area contributed by atoms with Crippen molar-refractivity contribution >= 4 is 39.8 Å². The number of ketones is 1. The first-order valence-corrected chi connectivity index (χ1v) is 18.2. The predicted octanol–water partition coefficient (Wildman–Crippen LogP) is 5.77. The van der Waals surface area contributed by atoms with E-state index in [0.29, 0.717) is 15.4 Å². The second-order valence-corrected chi connectivity index (χ2v) is 13.6. The summed E-state index contributed by atoms with van der Waals surface area (Å²) in [5.74, 6) is -1.38. The zero-order valence-electron chi connectivity index (χ0n) is 29.4. The third-order valence-electron chi connectivity index (χ3n) is 7.06. The second kappa shape index (κ2) is 20.9.